The molecule has 0 aliphatic rings. The van der Waals surface area contributed by atoms with Crippen molar-refractivity contribution in [1.82, 2.24) is 0 Å². The van der Waals surface area contributed by atoms with Crippen LogP contribution in [0.4, 0.5) is 0 Å². The molecule has 1 unspecified atom stereocenters. The highest BCUT2D eigenvalue weighted by Gasteiger charge is 2.10. The van der Waals surface area contributed by atoms with E-state index in [2.05, 4.69) is 14.0 Å². The molecule has 0 radical (unpaired) electrons. The SMILES string of the molecule is COCCCO[P+](=O)O.COCCCP(=O)(O)O. The second-order valence-electron chi connectivity index (χ2n) is 3.15. The zero-order chi connectivity index (χ0) is 14.4. The number of rotatable bonds is 9. The minimum atomic E-state index is -3.78. The lowest BCUT2D eigenvalue weighted by Gasteiger charge is -2.00. The Bertz CT molecular complexity index is 241. The Morgan fingerprint density at radius 2 is 1.56 bits per heavy atom. The fourth-order valence-electron chi connectivity index (χ4n) is 0.761. The molecule has 0 bridgehead atoms. The average Bonchev–Trinajstić information content (AvgIpc) is 2.24. The third kappa shape index (κ3) is 25.1. The minimum Gasteiger partial charge on any atom is -0.385 e. The molecule has 3 N–H and O–H groups in total. The van der Waals surface area contributed by atoms with Gasteiger partial charge in [-0.05, 0) is 12.8 Å². The van der Waals surface area contributed by atoms with Gasteiger partial charge in [-0.15, -0.1) is 9.42 Å². The van der Waals surface area contributed by atoms with Gasteiger partial charge in [0, 0.05) is 32.0 Å². The van der Waals surface area contributed by atoms with Crippen LogP contribution in [0.3, 0.4) is 0 Å². The lowest BCUT2D eigenvalue weighted by molar-refractivity contribution is 0.170. The summed E-state index contributed by atoms with van der Waals surface area (Å²) in [5, 5.41) is 0. The summed E-state index contributed by atoms with van der Waals surface area (Å²) >= 11 is 0. The summed E-state index contributed by atoms with van der Waals surface area (Å²) in [6, 6.07) is 0. The van der Waals surface area contributed by atoms with E-state index in [0.717, 1.165) is 0 Å². The maximum atomic E-state index is 10.1. The highest BCUT2D eigenvalue weighted by Crippen LogP contribution is 2.34. The van der Waals surface area contributed by atoms with Crippen LogP contribution in [-0.4, -0.2) is 54.9 Å². The van der Waals surface area contributed by atoms with E-state index in [1.807, 2.05) is 0 Å². The lowest BCUT2D eigenvalue weighted by Crippen LogP contribution is -1.93. The van der Waals surface area contributed by atoms with Gasteiger partial charge in [-0.1, -0.05) is 0 Å². The van der Waals surface area contributed by atoms with Crippen LogP contribution in [0.2, 0.25) is 0 Å². The highest BCUT2D eigenvalue weighted by molar-refractivity contribution is 7.51. The van der Waals surface area contributed by atoms with Crippen molar-refractivity contribution in [2.75, 3.05) is 40.2 Å². The van der Waals surface area contributed by atoms with Crippen molar-refractivity contribution in [1.29, 1.82) is 0 Å². The Morgan fingerprint density at radius 1 is 1.06 bits per heavy atom. The molecule has 1 atom stereocenters. The van der Waals surface area contributed by atoms with E-state index in [9.17, 15) is 9.13 Å². The first kappa shape index (κ1) is 20.4. The van der Waals surface area contributed by atoms with Crippen molar-refractivity contribution in [3.8, 4) is 0 Å². The molecule has 0 aliphatic heterocycles. The van der Waals surface area contributed by atoms with Crippen molar-refractivity contribution >= 4 is 15.9 Å². The second-order valence-corrected chi connectivity index (χ2v) is 5.66. The van der Waals surface area contributed by atoms with Crippen LogP contribution in [0, 0.1) is 0 Å². The van der Waals surface area contributed by atoms with Crippen LogP contribution in [0.25, 0.3) is 0 Å². The zero-order valence-corrected chi connectivity index (χ0v) is 12.3. The molecular weight excluding hydrogens is 286 g/mol. The zero-order valence-electron chi connectivity index (χ0n) is 10.5. The fourth-order valence-corrected chi connectivity index (χ4v) is 1.59. The molecule has 10 heteroatoms. The van der Waals surface area contributed by atoms with Gasteiger partial charge in [-0.3, -0.25) is 4.57 Å². The van der Waals surface area contributed by atoms with Gasteiger partial charge < -0.3 is 19.3 Å². The van der Waals surface area contributed by atoms with Crippen LogP contribution < -0.4 is 0 Å². The first-order chi connectivity index (χ1) is 8.33. The molecule has 0 aliphatic carbocycles. The summed E-state index contributed by atoms with van der Waals surface area (Å²) in [5.41, 5.74) is 0. The molecular formula is C8H21O8P2+. The first-order valence-electron chi connectivity index (χ1n) is 5.15. The average molecular weight is 307 g/mol. The molecule has 0 heterocycles. The summed E-state index contributed by atoms with van der Waals surface area (Å²) in [4.78, 5) is 24.7. The summed E-state index contributed by atoms with van der Waals surface area (Å²) in [6.07, 6.45) is 0.986. The van der Waals surface area contributed by atoms with Crippen molar-refractivity contribution in [3.63, 3.8) is 0 Å². The van der Waals surface area contributed by atoms with Gasteiger partial charge in [0.25, 0.3) is 0 Å². The molecule has 0 aromatic rings. The molecule has 0 fully saturated rings. The molecule has 8 nitrogen and oxygen atoms in total. The smallest absolute Gasteiger partial charge is 0.385 e. The number of hydrogen-bond donors (Lipinski definition) is 3. The van der Waals surface area contributed by atoms with Gasteiger partial charge in [0.05, 0.1) is 6.16 Å². The topological polar surface area (TPSA) is 123 Å². The maximum Gasteiger partial charge on any atom is 0.694 e. The minimum absolute atomic E-state index is 0.0825. The van der Waals surface area contributed by atoms with Crippen LogP contribution in [0.5, 0.6) is 0 Å². The van der Waals surface area contributed by atoms with Crippen molar-refractivity contribution in [2.24, 2.45) is 0 Å². The van der Waals surface area contributed by atoms with E-state index in [-0.39, 0.29) is 12.8 Å². The van der Waals surface area contributed by atoms with Gasteiger partial charge in [0.2, 0.25) is 0 Å². The standard InChI is InChI=1S/C4H11O4P.C4H9O4P/c1-8-3-2-4-9(5,6)7;1-7-3-2-4-8-9(5)6/h2-4H2,1H3,(H2,5,6,7);2-4H2,1H3/p+1. The largest absolute Gasteiger partial charge is 0.694 e. The molecule has 0 saturated heterocycles. The second kappa shape index (κ2) is 13.5. The Labute approximate surface area is 107 Å². The van der Waals surface area contributed by atoms with Gasteiger partial charge >= 0.3 is 15.9 Å². The molecule has 0 aromatic heterocycles. The van der Waals surface area contributed by atoms with Crippen LogP contribution in [0.15, 0.2) is 0 Å². The first-order valence-corrected chi connectivity index (χ1v) is 8.07. The molecule has 110 valence electrons. The van der Waals surface area contributed by atoms with Crippen molar-refractivity contribution in [2.45, 2.75) is 12.8 Å². The summed E-state index contributed by atoms with van der Waals surface area (Å²) in [7, 11) is -3.13. The normalized spacial score (nSPS) is 11.7. The molecule has 0 amide bonds. The summed E-state index contributed by atoms with van der Waals surface area (Å²) in [6.45, 7) is 1.24. The lowest BCUT2D eigenvalue weighted by atomic mass is 10.5. The predicted molar refractivity (Wildman–Crippen MR) is 65.7 cm³/mol. The predicted octanol–water partition coefficient (Wildman–Crippen LogP) is 0.890. The van der Waals surface area contributed by atoms with E-state index < -0.39 is 15.9 Å². The van der Waals surface area contributed by atoms with Gasteiger partial charge in [-0.25, -0.2) is 0 Å². The van der Waals surface area contributed by atoms with Gasteiger partial charge in [0.15, 0.2) is 0 Å². The van der Waals surface area contributed by atoms with Gasteiger partial charge in [-0.2, -0.15) is 0 Å². The quantitative estimate of drug-likeness (QED) is 0.424. The molecule has 0 aromatic carbocycles. The van der Waals surface area contributed by atoms with E-state index >= 15 is 0 Å². The van der Waals surface area contributed by atoms with Gasteiger partial charge in [0.1, 0.15) is 6.61 Å². The fraction of sp³-hybridized carbons (Fsp3) is 1.00. The van der Waals surface area contributed by atoms with E-state index in [1.54, 1.807) is 7.11 Å². The van der Waals surface area contributed by atoms with Crippen molar-refractivity contribution < 1.29 is 37.8 Å². The third-order valence-electron chi connectivity index (χ3n) is 1.49. The number of hydrogen-bond acceptors (Lipinski definition) is 5. The monoisotopic (exact) mass is 307 g/mol. The molecule has 0 rings (SSSR count). The number of ether oxygens (including phenoxy) is 2. The van der Waals surface area contributed by atoms with Crippen molar-refractivity contribution in [3.05, 3.63) is 0 Å². The molecule has 0 spiro atoms. The van der Waals surface area contributed by atoms with E-state index in [4.69, 9.17) is 14.7 Å². The van der Waals surface area contributed by atoms with Crippen LogP contribution >= 0.6 is 15.9 Å². The maximum absolute atomic E-state index is 10.1. The molecule has 18 heavy (non-hydrogen) atoms. The third-order valence-corrected chi connectivity index (χ3v) is 2.79. The van der Waals surface area contributed by atoms with E-state index in [1.165, 1.54) is 7.11 Å². The Hall–Kier alpha value is 0.0900. The Balaban J connectivity index is 0. The highest BCUT2D eigenvalue weighted by atomic mass is 31.2. The van der Waals surface area contributed by atoms with Crippen LogP contribution in [0.1, 0.15) is 12.8 Å². The Morgan fingerprint density at radius 3 is 1.94 bits per heavy atom. The van der Waals surface area contributed by atoms with E-state index in [0.29, 0.717) is 26.1 Å². The summed E-state index contributed by atoms with van der Waals surface area (Å²) < 4.78 is 33.6. The van der Waals surface area contributed by atoms with Crippen LogP contribution in [-0.2, 0) is 23.1 Å². The Kier molecular flexibility index (Phi) is 15.3. The summed E-state index contributed by atoms with van der Waals surface area (Å²) in [5.74, 6) is 0. The number of methoxy groups -OCH3 is 2. The molecule has 0 saturated carbocycles.